The average Bonchev–Trinajstić information content (AvgIpc) is 2.97. The molecule has 3 aromatic rings. The van der Waals surface area contributed by atoms with Crippen LogP contribution in [-0.2, 0) is 22.6 Å². The van der Waals surface area contributed by atoms with Gasteiger partial charge in [0.05, 0.1) is 38.7 Å². The van der Waals surface area contributed by atoms with Crippen LogP contribution in [0.2, 0.25) is 0 Å². The van der Waals surface area contributed by atoms with Crippen molar-refractivity contribution in [2.75, 3.05) is 62.0 Å². The predicted molar refractivity (Wildman–Crippen MR) is 152 cm³/mol. The lowest BCUT2D eigenvalue weighted by Crippen LogP contribution is -2.27. The second-order valence-electron chi connectivity index (χ2n) is 8.58. The van der Waals surface area contributed by atoms with Crippen LogP contribution in [0.5, 0.6) is 0 Å². The highest BCUT2D eigenvalue weighted by molar-refractivity contribution is 5.94. The van der Waals surface area contributed by atoms with Gasteiger partial charge in [0.25, 0.3) is 5.91 Å². The summed E-state index contributed by atoms with van der Waals surface area (Å²) in [5, 5.41) is 12.6. The summed E-state index contributed by atoms with van der Waals surface area (Å²) >= 11 is 0. The lowest BCUT2D eigenvalue weighted by Gasteiger charge is -2.11. The summed E-state index contributed by atoms with van der Waals surface area (Å²) in [5.74, 6) is 1.25. The molecule has 6 N–H and O–H groups in total. The topological polar surface area (TPSA) is 161 Å². The highest BCUT2D eigenvalue weighted by Gasteiger charge is 2.08. The molecule has 0 saturated heterocycles. The Kier molecular flexibility index (Phi) is 13.4. The first kappa shape index (κ1) is 29.7. The van der Waals surface area contributed by atoms with Gasteiger partial charge in [0, 0.05) is 37.9 Å². The maximum Gasteiger partial charge on any atom is 0.251 e. The molecular formula is C27H39N9O3. The number of aromatic nitrogens is 4. The number of anilines is 3. The fourth-order valence-electron chi connectivity index (χ4n) is 3.36. The van der Waals surface area contributed by atoms with E-state index in [-0.39, 0.29) is 5.91 Å². The fourth-order valence-corrected chi connectivity index (χ4v) is 3.36. The number of benzene rings is 1. The number of pyridine rings is 1. The predicted octanol–water partition coefficient (Wildman–Crippen LogP) is 2.42. The molecule has 12 nitrogen and oxygen atoms in total. The van der Waals surface area contributed by atoms with E-state index in [0.29, 0.717) is 76.0 Å². The number of hydrogen-bond acceptors (Lipinski definition) is 11. The van der Waals surface area contributed by atoms with E-state index in [1.807, 2.05) is 30.3 Å². The van der Waals surface area contributed by atoms with Crippen molar-refractivity contribution in [1.29, 1.82) is 0 Å². The largest absolute Gasteiger partial charge is 0.378 e. The van der Waals surface area contributed by atoms with Crippen LogP contribution in [0.1, 0.15) is 41.4 Å². The number of nitrogens with one attached hydrogen (secondary N) is 4. The molecule has 0 unspecified atom stereocenters. The van der Waals surface area contributed by atoms with E-state index < -0.39 is 0 Å². The van der Waals surface area contributed by atoms with E-state index in [1.54, 1.807) is 18.3 Å². The molecule has 0 fully saturated rings. The van der Waals surface area contributed by atoms with Crippen LogP contribution in [0, 0.1) is 0 Å². The Morgan fingerprint density at radius 3 is 2.18 bits per heavy atom. The lowest BCUT2D eigenvalue weighted by atomic mass is 10.1. The van der Waals surface area contributed by atoms with Crippen LogP contribution in [0.3, 0.4) is 0 Å². The van der Waals surface area contributed by atoms with Crippen molar-refractivity contribution in [3.05, 3.63) is 65.5 Å². The molecule has 1 amide bonds. The van der Waals surface area contributed by atoms with Crippen molar-refractivity contribution in [1.82, 2.24) is 25.3 Å². The highest BCUT2D eigenvalue weighted by atomic mass is 16.5. The van der Waals surface area contributed by atoms with Gasteiger partial charge in [-0.1, -0.05) is 31.5 Å². The van der Waals surface area contributed by atoms with E-state index in [1.165, 1.54) is 0 Å². The standard InChI is InChI=1S/C27H39N9O3/c1-2-3-12-31-25-34-26(36-27(35-25)33-20-23-6-4-5-13-29-23)32-19-21-7-9-22(10-8-21)24(37)30-14-16-39-18-17-38-15-11-28/h4-10,13H,2-3,11-12,14-20,28H2,1H3,(H,30,37)(H3,31,32,33,34,35,36). The molecule has 12 heteroatoms. The first-order valence-corrected chi connectivity index (χ1v) is 13.3. The summed E-state index contributed by atoms with van der Waals surface area (Å²) in [6.45, 7) is 6.70. The quantitative estimate of drug-likeness (QED) is 0.143. The molecule has 39 heavy (non-hydrogen) atoms. The average molecular weight is 538 g/mol. The molecule has 2 aromatic heterocycles. The lowest BCUT2D eigenvalue weighted by molar-refractivity contribution is 0.0511. The number of rotatable bonds is 19. The maximum absolute atomic E-state index is 12.4. The molecule has 0 spiro atoms. The van der Waals surface area contributed by atoms with Crippen LogP contribution in [0.4, 0.5) is 17.8 Å². The highest BCUT2D eigenvalue weighted by Crippen LogP contribution is 2.13. The summed E-state index contributed by atoms with van der Waals surface area (Å²) in [5.41, 5.74) is 7.80. The molecule has 0 saturated carbocycles. The third kappa shape index (κ3) is 11.6. The molecule has 3 rings (SSSR count). The fraction of sp³-hybridized carbons (Fsp3) is 0.444. The van der Waals surface area contributed by atoms with E-state index in [4.69, 9.17) is 15.2 Å². The summed E-state index contributed by atoms with van der Waals surface area (Å²) in [6, 6.07) is 13.1. The molecule has 0 aliphatic heterocycles. The van der Waals surface area contributed by atoms with Gasteiger partial charge < -0.3 is 36.5 Å². The SMILES string of the molecule is CCCCNc1nc(NCc2ccc(C(=O)NCCOCCOCCN)cc2)nc(NCc2ccccn2)n1. The monoisotopic (exact) mass is 537 g/mol. The first-order chi connectivity index (χ1) is 19.2. The summed E-state index contributed by atoms with van der Waals surface area (Å²) in [6.07, 6.45) is 3.84. The van der Waals surface area contributed by atoms with Crippen LogP contribution >= 0.6 is 0 Å². The van der Waals surface area contributed by atoms with E-state index in [0.717, 1.165) is 30.6 Å². The second kappa shape index (κ2) is 17.6. The van der Waals surface area contributed by atoms with Crippen LogP contribution in [0.15, 0.2) is 48.7 Å². The Morgan fingerprint density at radius 2 is 1.51 bits per heavy atom. The molecule has 0 aliphatic carbocycles. The number of hydrogen-bond donors (Lipinski definition) is 5. The van der Waals surface area contributed by atoms with Gasteiger partial charge in [-0.2, -0.15) is 15.0 Å². The van der Waals surface area contributed by atoms with Gasteiger partial charge in [-0.15, -0.1) is 0 Å². The van der Waals surface area contributed by atoms with Gasteiger partial charge in [-0.3, -0.25) is 9.78 Å². The number of unbranched alkanes of at least 4 members (excludes halogenated alkanes) is 1. The minimum absolute atomic E-state index is 0.152. The van der Waals surface area contributed by atoms with E-state index >= 15 is 0 Å². The maximum atomic E-state index is 12.4. The van der Waals surface area contributed by atoms with E-state index in [2.05, 4.69) is 48.1 Å². The molecular weight excluding hydrogens is 498 g/mol. The van der Waals surface area contributed by atoms with Crippen molar-refractivity contribution in [2.24, 2.45) is 5.73 Å². The van der Waals surface area contributed by atoms with E-state index in [9.17, 15) is 4.79 Å². The van der Waals surface area contributed by atoms with Crippen molar-refractivity contribution in [2.45, 2.75) is 32.9 Å². The van der Waals surface area contributed by atoms with Gasteiger partial charge >= 0.3 is 0 Å². The van der Waals surface area contributed by atoms with Crippen LogP contribution in [-0.4, -0.2) is 71.9 Å². The van der Waals surface area contributed by atoms with Crippen molar-refractivity contribution < 1.29 is 14.3 Å². The Morgan fingerprint density at radius 1 is 0.821 bits per heavy atom. The Balaban J connectivity index is 1.49. The summed E-state index contributed by atoms with van der Waals surface area (Å²) in [7, 11) is 0. The minimum atomic E-state index is -0.152. The smallest absolute Gasteiger partial charge is 0.251 e. The number of carbonyl (C=O) groups is 1. The Hall–Kier alpha value is -3.87. The van der Waals surface area contributed by atoms with Crippen LogP contribution in [0.25, 0.3) is 0 Å². The van der Waals surface area contributed by atoms with Crippen molar-refractivity contribution in [3.8, 4) is 0 Å². The molecule has 0 bridgehead atoms. The van der Waals surface area contributed by atoms with Crippen LogP contribution < -0.4 is 27.0 Å². The van der Waals surface area contributed by atoms with Gasteiger partial charge in [0.2, 0.25) is 17.8 Å². The number of nitrogens with two attached hydrogens (primary N) is 1. The first-order valence-electron chi connectivity index (χ1n) is 13.3. The molecule has 0 radical (unpaired) electrons. The van der Waals surface area contributed by atoms with Crippen molar-refractivity contribution >= 4 is 23.8 Å². The molecule has 2 heterocycles. The number of amides is 1. The number of carbonyl (C=O) groups excluding carboxylic acids is 1. The normalized spacial score (nSPS) is 10.7. The third-order valence-electron chi connectivity index (χ3n) is 5.44. The number of nitrogens with zero attached hydrogens (tertiary/aromatic N) is 4. The van der Waals surface area contributed by atoms with Gasteiger partial charge in [-0.25, -0.2) is 0 Å². The molecule has 0 aliphatic rings. The summed E-state index contributed by atoms with van der Waals surface area (Å²) in [4.78, 5) is 30.2. The third-order valence-corrected chi connectivity index (χ3v) is 5.44. The second-order valence-corrected chi connectivity index (χ2v) is 8.58. The van der Waals surface area contributed by atoms with Gasteiger partial charge in [0.15, 0.2) is 0 Å². The minimum Gasteiger partial charge on any atom is -0.378 e. The summed E-state index contributed by atoms with van der Waals surface area (Å²) < 4.78 is 10.7. The zero-order valence-electron chi connectivity index (χ0n) is 22.5. The zero-order chi connectivity index (χ0) is 27.5. The zero-order valence-corrected chi connectivity index (χ0v) is 22.5. The molecule has 1 aromatic carbocycles. The van der Waals surface area contributed by atoms with Crippen molar-refractivity contribution in [3.63, 3.8) is 0 Å². The van der Waals surface area contributed by atoms with Gasteiger partial charge in [0.1, 0.15) is 0 Å². The number of ether oxygens (including phenoxy) is 2. The van der Waals surface area contributed by atoms with Gasteiger partial charge in [-0.05, 0) is 36.2 Å². The molecule has 210 valence electrons. The molecule has 0 atom stereocenters. The Labute approximate surface area is 229 Å². The Bertz CT molecular complexity index is 1100.